The van der Waals surface area contributed by atoms with Gasteiger partial charge in [-0.05, 0) is 48.6 Å². The highest BCUT2D eigenvalue weighted by atomic mass is 15.0. The van der Waals surface area contributed by atoms with Gasteiger partial charge in [-0.25, -0.2) is 9.97 Å². The molecule has 3 nitrogen and oxygen atoms in total. The fourth-order valence-corrected chi connectivity index (χ4v) is 2.60. The maximum atomic E-state index is 4.70. The molecule has 25 heavy (non-hydrogen) atoms. The van der Waals surface area contributed by atoms with Gasteiger partial charge in [0, 0.05) is 17.3 Å². The Kier molecular flexibility index (Phi) is 4.97. The molecule has 3 rings (SSSR count). The number of aryl methyl sites for hydroxylation is 2. The number of benzene rings is 1. The molecule has 2 aromatic rings. The van der Waals surface area contributed by atoms with Gasteiger partial charge in [-0.3, -0.25) is 0 Å². The van der Waals surface area contributed by atoms with Crippen LogP contribution in [0.1, 0.15) is 32.0 Å². The van der Waals surface area contributed by atoms with E-state index in [2.05, 4.69) is 60.7 Å². The summed E-state index contributed by atoms with van der Waals surface area (Å²) in [7, 11) is 0. The van der Waals surface area contributed by atoms with Crippen LogP contribution in [0.5, 0.6) is 0 Å². The molecule has 0 spiro atoms. The van der Waals surface area contributed by atoms with Gasteiger partial charge in [0.15, 0.2) is 5.82 Å². The van der Waals surface area contributed by atoms with Gasteiger partial charge in [0.2, 0.25) is 0 Å². The Morgan fingerprint density at radius 3 is 2.48 bits per heavy atom. The molecule has 1 aliphatic carbocycles. The molecule has 1 heterocycles. The Morgan fingerprint density at radius 2 is 1.84 bits per heavy atom. The molecule has 1 aromatic heterocycles. The summed E-state index contributed by atoms with van der Waals surface area (Å²) in [5.41, 5.74) is 9.56. The fourth-order valence-electron chi connectivity index (χ4n) is 2.60. The van der Waals surface area contributed by atoms with Crippen LogP contribution in [0.25, 0.3) is 11.4 Å². The van der Waals surface area contributed by atoms with E-state index >= 15 is 0 Å². The molecule has 0 atom stereocenters. The maximum absolute atomic E-state index is 4.70. The first-order chi connectivity index (χ1) is 12.1. The second-order valence-electron chi connectivity index (χ2n) is 6.15. The largest absolute Gasteiger partial charge is 0.334 e. The van der Waals surface area contributed by atoms with Gasteiger partial charge in [-0.1, -0.05) is 50.4 Å². The molecule has 0 fully saturated rings. The van der Waals surface area contributed by atoms with Crippen LogP contribution in [0.15, 0.2) is 71.6 Å². The molecule has 1 aliphatic rings. The van der Waals surface area contributed by atoms with E-state index in [9.17, 15) is 0 Å². The number of hydrogen-bond donors (Lipinski definition) is 1. The van der Waals surface area contributed by atoms with Crippen LogP contribution < -0.4 is 5.32 Å². The number of anilines is 1. The monoisotopic (exact) mass is 329 g/mol. The van der Waals surface area contributed by atoms with E-state index < -0.39 is 0 Å². The summed E-state index contributed by atoms with van der Waals surface area (Å²) < 4.78 is 0. The molecule has 3 heteroatoms. The second kappa shape index (κ2) is 7.33. The Morgan fingerprint density at radius 1 is 1.08 bits per heavy atom. The van der Waals surface area contributed by atoms with Gasteiger partial charge >= 0.3 is 0 Å². The first-order valence-corrected chi connectivity index (χ1v) is 8.67. The van der Waals surface area contributed by atoms with Crippen molar-refractivity contribution in [3.8, 4) is 11.4 Å². The Balaban J connectivity index is 1.95. The molecule has 0 aliphatic heterocycles. The van der Waals surface area contributed by atoms with Crippen LogP contribution in [-0.4, -0.2) is 9.97 Å². The summed E-state index contributed by atoms with van der Waals surface area (Å²) in [6.45, 7) is 10.3. The third-order valence-corrected chi connectivity index (χ3v) is 4.29. The van der Waals surface area contributed by atoms with E-state index in [1.54, 1.807) is 0 Å². The molecule has 0 amide bonds. The normalized spacial score (nSPS) is 13.5. The predicted octanol–water partition coefficient (Wildman–Crippen LogP) is 5.24. The van der Waals surface area contributed by atoms with Gasteiger partial charge in [0.25, 0.3) is 0 Å². The third-order valence-electron chi connectivity index (χ3n) is 4.29. The number of hydrogen-bond acceptors (Lipinski definition) is 3. The van der Waals surface area contributed by atoms with Crippen molar-refractivity contribution in [1.82, 2.24) is 9.97 Å². The van der Waals surface area contributed by atoms with Gasteiger partial charge in [0.05, 0.1) is 5.70 Å². The molecule has 0 saturated carbocycles. The molecule has 0 saturated heterocycles. The zero-order valence-corrected chi connectivity index (χ0v) is 15.1. The number of nitrogens with zero attached hydrogens (tertiary/aromatic N) is 2. The van der Waals surface area contributed by atoms with E-state index in [0.29, 0.717) is 0 Å². The van der Waals surface area contributed by atoms with E-state index in [0.717, 1.165) is 52.6 Å². The fraction of sp³-hybridized carbons (Fsp3) is 0.227. The second-order valence-corrected chi connectivity index (χ2v) is 6.15. The third kappa shape index (κ3) is 3.96. The zero-order chi connectivity index (χ0) is 17.8. The minimum atomic E-state index is 0.745. The lowest BCUT2D eigenvalue weighted by Gasteiger charge is -2.12. The summed E-state index contributed by atoms with van der Waals surface area (Å²) in [6, 6.07) is 10.4. The average molecular weight is 329 g/mol. The van der Waals surface area contributed by atoms with Crippen molar-refractivity contribution >= 4 is 5.82 Å². The van der Waals surface area contributed by atoms with Crippen LogP contribution >= 0.6 is 0 Å². The predicted molar refractivity (Wildman–Crippen MR) is 104 cm³/mol. The molecule has 1 aromatic carbocycles. The molecule has 0 radical (unpaired) electrons. The van der Waals surface area contributed by atoms with Gasteiger partial charge in [-0.2, -0.15) is 0 Å². The van der Waals surface area contributed by atoms with Crippen molar-refractivity contribution in [2.24, 2.45) is 0 Å². The standard InChI is InChI=1S/C22H23N3/c1-5-17-8-10-18(11-9-17)22-24-19(6-2)14-21(25-22)23-20-12-7-15(3)16(4)13-20/h7-11,13-14H,3,5-6H2,1-2,4H3,(H,23,24,25). The highest BCUT2D eigenvalue weighted by Gasteiger charge is 2.08. The lowest BCUT2D eigenvalue weighted by Crippen LogP contribution is -2.05. The molecular formula is C22H23N3. The average Bonchev–Trinajstić information content (AvgIpc) is 2.64. The van der Waals surface area contributed by atoms with Crippen LogP contribution in [0.2, 0.25) is 0 Å². The number of nitrogens with one attached hydrogen (secondary N) is 1. The van der Waals surface area contributed by atoms with Crippen molar-refractivity contribution in [1.29, 1.82) is 0 Å². The molecular weight excluding hydrogens is 306 g/mol. The molecule has 0 unspecified atom stereocenters. The van der Waals surface area contributed by atoms with Gasteiger partial charge < -0.3 is 5.32 Å². The van der Waals surface area contributed by atoms with Crippen molar-refractivity contribution in [3.05, 3.63) is 82.9 Å². The first kappa shape index (κ1) is 16.9. The quantitative estimate of drug-likeness (QED) is 0.763. The number of allylic oxidation sites excluding steroid dienone is 3. The minimum Gasteiger partial charge on any atom is -0.334 e. The van der Waals surface area contributed by atoms with Crippen molar-refractivity contribution in [2.75, 3.05) is 5.32 Å². The summed E-state index contributed by atoms with van der Waals surface area (Å²) >= 11 is 0. The zero-order valence-electron chi connectivity index (χ0n) is 15.1. The Labute approximate surface area is 149 Å². The number of rotatable bonds is 5. The molecule has 0 bridgehead atoms. The Hall–Kier alpha value is -2.90. The van der Waals surface area contributed by atoms with Crippen LogP contribution in [-0.2, 0) is 12.8 Å². The smallest absolute Gasteiger partial charge is 0.161 e. The highest BCUT2D eigenvalue weighted by molar-refractivity contribution is 5.60. The van der Waals surface area contributed by atoms with Crippen molar-refractivity contribution in [3.63, 3.8) is 0 Å². The lowest BCUT2D eigenvalue weighted by atomic mass is 10.1. The molecule has 1 N–H and O–H groups in total. The van der Waals surface area contributed by atoms with Crippen LogP contribution in [0.3, 0.4) is 0 Å². The van der Waals surface area contributed by atoms with Crippen LogP contribution in [0.4, 0.5) is 5.82 Å². The lowest BCUT2D eigenvalue weighted by molar-refractivity contribution is 1.01. The first-order valence-electron chi connectivity index (χ1n) is 8.67. The maximum Gasteiger partial charge on any atom is 0.161 e. The van der Waals surface area contributed by atoms with Crippen LogP contribution in [0, 0.1) is 0 Å². The van der Waals surface area contributed by atoms with Gasteiger partial charge in [-0.15, -0.1) is 0 Å². The highest BCUT2D eigenvalue weighted by Crippen LogP contribution is 2.22. The van der Waals surface area contributed by atoms with Crippen molar-refractivity contribution in [2.45, 2.75) is 33.6 Å². The topological polar surface area (TPSA) is 37.8 Å². The summed E-state index contributed by atoms with van der Waals surface area (Å²) in [6.07, 6.45) is 5.81. The Bertz CT molecular complexity index is 895. The SMILES string of the molecule is C=C1C=C=C(Nc2cc(CC)nc(-c3ccc(CC)cc3)n2)C=C1C. The van der Waals surface area contributed by atoms with E-state index in [4.69, 9.17) is 4.98 Å². The van der Waals surface area contributed by atoms with Crippen molar-refractivity contribution < 1.29 is 0 Å². The van der Waals surface area contributed by atoms with E-state index in [1.165, 1.54) is 5.56 Å². The minimum absolute atomic E-state index is 0.745. The van der Waals surface area contributed by atoms with Gasteiger partial charge in [0.1, 0.15) is 5.82 Å². The van der Waals surface area contributed by atoms with E-state index in [-0.39, 0.29) is 0 Å². The summed E-state index contributed by atoms with van der Waals surface area (Å²) in [4.78, 5) is 9.38. The number of aromatic nitrogens is 2. The summed E-state index contributed by atoms with van der Waals surface area (Å²) in [5, 5.41) is 3.34. The molecule has 126 valence electrons. The summed E-state index contributed by atoms with van der Waals surface area (Å²) in [5.74, 6) is 1.53. The van der Waals surface area contributed by atoms with E-state index in [1.807, 2.05) is 25.1 Å².